The summed E-state index contributed by atoms with van der Waals surface area (Å²) in [5.74, 6) is 0.961. The Labute approximate surface area is 110 Å². The maximum atomic E-state index is 5.78. The molecule has 1 fully saturated rings. The number of ether oxygens (including phenoxy) is 1. The Morgan fingerprint density at radius 1 is 1.22 bits per heavy atom. The van der Waals surface area contributed by atoms with Gasteiger partial charge >= 0.3 is 0 Å². The highest BCUT2D eigenvalue weighted by atomic mass is 16.5. The molecule has 2 rings (SSSR count). The minimum Gasteiger partial charge on any atom is -0.492 e. The molecular formula is C15H24N2O. The maximum Gasteiger partial charge on any atom is 0.119 e. The van der Waals surface area contributed by atoms with Crippen molar-refractivity contribution in [2.45, 2.75) is 32.2 Å². The molecule has 0 amide bonds. The van der Waals surface area contributed by atoms with E-state index in [0.29, 0.717) is 0 Å². The maximum absolute atomic E-state index is 5.78. The molecule has 0 spiro atoms. The van der Waals surface area contributed by atoms with Gasteiger partial charge in [0.05, 0.1) is 0 Å². The lowest BCUT2D eigenvalue weighted by Gasteiger charge is -2.15. The van der Waals surface area contributed by atoms with Crippen molar-refractivity contribution in [1.82, 2.24) is 4.90 Å². The van der Waals surface area contributed by atoms with E-state index in [4.69, 9.17) is 10.5 Å². The summed E-state index contributed by atoms with van der Waals surface area (Å²) >= 11 is 0. The fourth-order valence-electron chi connectivity index (χ4n) is 2.39. The molecule has 0 aromatic heterocycles. The highest BCUT2D eigenvalue weighted by Gasteiger charge is 2.10. The molecular weight excluding hydrogens is 224 g/mol. The zero-order chi connectivity index (χ0) is 12.8. The number of likely N-dealkylation sites (tertiary alicyclic amines) is 1. The fourth-order valence-corrected chi connectivity index (χ4v) is 2.39. The summed E-state index contributed by atoms with van der Waals surface area (Å²) in [7, 11) is 0. The van der Waals surface area contributed by atoms with Crippen LogP contribution in [0, 0.1) is 0 Å². The van der Waals surface area contributed by atoms with Gasteiger partial charge in [0.15, 0.2) is 0 Å². The van der Waals surface area contributed by atoms with Gasteiger partial charge in [-0.15, -0.1) is 0 Å². The smallest absolute Gasteiger partial charge is 0.119 e. The van der Waals surface area contributed by atoms with Gasteiger partial charge in [-0.2, -0.15) is 0 Å². The largest absolute Gasteiger partial charge is 0.492 e. The van der Waals surface area contributed by atoms with E-state index in [1.54, 1.807) is 0 Å². The van der Waals surface area contributed by atoms with Gasteiger partial charge < -0.3 is 10.5 Å². The van der Waals surface area contributed by atoms with Crippen LogP contribution in [-0.2, 0) is 6.42 Å². The second-order valence-electron chi connectivity index (χ2n) is 5.22. The van der Waals surface area contributed by atoms with Gasteiger partial charge in [-0.05, 0) is 57.0 Å². The number of hydrogen-bond donors (Lipinski definition) is 1. The third-order valence-electron chi connectivity index (χ3n) is 3.36. The van der Waals surface area contributed by atoms with Crippen molar-refractivity contribution in [3.05, 3.63) is 29.8 Å². The predicted octanol–water partition coefficient (Wildman–Crippen LogP) is 2.05. The molecule has 100 valence electrons. The average Bonchev–Trinajstić information content (AvgIpc) is 2.84. The van der Waals surface area contributed by atoms with Crippen LogP contribution in [0.1, 0.15) is 25.3 Å². The van der Waals surface area contributed by atoms with Crippen molar-refractivity contribution in [2.24, 2.45) is 5.73 Å². The van der Waals surface area contributed by atoms with Crippen LogP contribution in [0.5, 0.6) is 5.75 Å². The van der Waals surface area contributed by atoms with Crippen molar-refractivity contribution in [3.63, 3.8) is 0 Å². The summed E-state index contributed by atoms with van der Waals surface area (Å²) < 4.78 is 5.75. The molecule has 1 aliphatic heterocycles. The summed E-state index contributed by atoms with van der Waals surface area (Å²) in [5, 5.41) is 0. The first kappa shape index (κ1) is 13.4. The van der Waals surface area contributed by atoms with Crippen LogP contribution in [0.15, 0.2) is 24.3 Å². The standard InChI is InChI=1S/C15H24N2O/c1-13(16)12-14-4-6-15(7-5-14)18-11-10-17-8-2-3-9-17/h4-7,13H,2-3,8-12,16H2,1H3. The van der Waals surface area contributed by atoms with E-state index in [1.807, 2.05) is 19.1 Å². The van der Waals surface area contributed by atoms with Gasteiger partial charge in [0.1, 0.15) is 12.4 Å². The van der Waals surface area contributed by atoms with Crippen molar-refractivity contribution >= 4 is 0 Å². The summed E-state index contributed by atoms with van der Waals surface area (Å²) in [6.07, 6.45) is 3.60. The van der Waals surface area contributed by atoms with Crippen molar-refractivity contribution < 1.29 is 4.74 Å². The first-order valence-corrected chi connectivity index (χ1v) is 6.94. The molecule has 2 N–H and O–H groups in total. The van der Waals surface area contributed by atoms with Crippen molar-refractivity contribution in [1.29, 1.82) is 0 Å². The number of hydrogen-bond acceptors (Lipinski definition) is 3. The highest BCUT2D eigenvalue weighted by molar-refractivity contribution is 5.27. The summed E-state index contributed by atoms with van der Waals surface area (Å²) in [6.45, 7) is 6.32. The lowest BCUT2D eigenvalue weighted by Crippen LogP contribution is -2.25. The second kappa shape index (κ2) is 6.76. The van der Waals surface area contributed by atoms with Gasteiger partial charge in [0, 0.05) is 12.6 Å². The van der Waals surface area contributed by atoms with E-state index in [0.717, 1.165) is 25.3 Å². The molecule has 0 saturated carbocycles. The van der Waals surface area contributed by atoms with E-state index in [1.165, 1.54) is 31.5 Å². The summed E-state index contributed by atoms with van der Waals surface area (Å²) in [6, 6.07) is 8.51. The van der Waals surface area contributed by atoms with Crippen molar-refractivity contribution in [2.75, 3.05) is 26.2 Å². The monoisotopic (exact) mass is 248 g/mol. The van der Waals surface area contributed by atoms with Gasteiger partial charge in [-0.3, -0.25) is 4.90 Å². The third-order valence-corrected chi connectivity index (χ3v) is 3.36. The number of nitrogens with zero attached hydrogens (tertiary/aromatic N) is 1. The lowest BCUT2D eigenvalue weighted by molar-refractivity contribution is 0.238. The predicted molar refractivity (Wildman–Crippen MR) is 75.0 cm³/mol. The van der Waals surface area contributed by atoms with Crippen LogP contribution in [0.4, 0.5) is 0 Å². The minimum atomic E-state index is 0.215. The molecule has 1 unspecified atom stereocenters. The second-order valence-corrected chi connectivity index (χ2v) is 5.22. The zero-order valence-electron chi connectivity index (χ0n) is 11.3. The molecule has 1 heterocycles. The molecule has 0 radical (unpaired) electrons. The Balaban J connectivity index is 1.72. The SMILES string of the molecule is CC(N)Cc1ccc(OCCN2CCCC2)cc1. The summed E-state index contributed by atoms with van der Waals surface area (Å²) in [5.41, 5.74) is 7.05. The van der Waals surface area contributed by atoms with Crippen LogP contribution in [0.2, 0.25) is 0 Å². The highest BCUT2D eigenvalue weighted by Crippen LogP contribution is 2.13. The number of nitrogens with two attached hydrogens (primary N) is 1. The van der Waals surface area contributed by atoms with Crippen LogP contribution in [0.3, 0.4) is 0 Å². The summed E-state index contributed by atoms with van der Waals surface area (Å²) in [4.78, 5) is 2.46. The molecule has 18 heavy (non-hydrogen) atoms. The van der Waals surface area contributed by atoms with Gasteiger partial charge in [0.2, 0.25) is 0 Å². The van der Waals surface area contributed by atoms with Crippen LogP contribution in [-0.4, -0.2) is 37.2 Å². The van der Waals surface area contributed by atoms with Crippen LogP contribution < -0.4 is 10.5 Å². The molecule has 1 aromatic rings. The van der Waals surface area contributed by atoms with E-state index in [-0.39, 0.29) is 6.04 Å². The molecule has 0 aliphatic carbocycles. The fraction of sp³-hybridized carbons (Fsp3) is 0.600. The Morgan fingerprint density at radius 2 is 1.89 bits per heavy atom. The number of rotatable bonds is 6. The first-order valence-electron chi connectivity index (χ1n) is 6.94. The van der Waals surface area contributed by atoms with E-state index in [9.17, 15) is 0 Å². The molecule has 1 aliphatic rings. The van der Waals surface area contributed by atoms with E-state index >= 15 is 0 Å². The van der Waals surface area contributed by atoms with Crippen LogP contribution in [0.25, 0.3) is 0 Å². The molecule has 1 aromatic carbocycles. The Bertz CT molecular complexity index is 342. The van der Waals surface area contributed by atoms with E-state index < -0.39 is 0 Å². The molecule has 3 nitrogen and oxygen atoms in total. The van der Waals surface area contributed by atoms with Gasteiger partial charge in [0.25, 0.3) is 0 Å². The quantitative estimate of drug-likeness (QED) is 0.837. The normalized spacial score (nSPS) is 17.9. The molecule has 3 heteroatoms. The van der Waals surface area contributed by atoms with E-state index in [2.05, 4.69) is 17.0 Å². The number of benzene rings is 1. The molecule has 0 bridgehead atoms. The Morgan fingerprint density at radius 3 is 2.50 bits per heavy atom. The zero-order valence-corrected chi connectivity index (χ0v) is 11.3. The topological polar surface area (TPSA) is 38.5 Å². The minimum absolute atomic E-state index is 0.215. The lowest BCUT2D eigenvalue weighted by atomic mass is 10.1. The van der Waals surface area contributed by atoms with Crippen LogP contribution >= 0.6 is 0 Å². The first-order chi connectivity index (χ1) is 8.74. The van der Waals surface area contributed by atoms with Crippen molar-refractivity contribution in [3.8, 4) is 5.75 Å². The third kappa shape index (κ3) is 4.31. The van der Waals surface area contributed by atoms with Gasteiger partial charge in [-0.25, -0.2) is 0 Å². The Kier molecular flexibility index (Phi) is 5.02. The Hall–Kier alpha value is -1.06. The average molecular weight is 248 g/mol. The van der Waals surface area contributed by atoms with Gasteiger partial charge in [-0.1, -0.05) is 12.1 Å². The molecule has 1 saturated heterocycles. The molecule has 1 atom stereocenters.